The maximum Gasteiger partial charge on any atom is 0.124 e. The Hall–Kier alpha value is -1.58. The predicted molar refractivity (Wildman–Crippen MR) is 81.0 cm³/mol. The van der Waals surface area contributed by atoms with Crippen molar-refractivity contribution in [3.63, 3.8) is 0 Å². The van der Waals surface area contributed by atoms with Crippen molar-refractivity contribution in [1.82, 2.24) is 0 Å². The van der Waals surface area contributed by atoms with Crippen LogP contribution in [0.2, 0.25) is 0 Å². The lowest BCUT2D eigenvalue weighted by Gasteiger charge is -2.29. The third kappa shape index (κ3) is 2.39. The van der Waals surface area contributed by atoms with Crippen LogP contribution in [0.4, 0.5) is 0 Å². The highest BCUT2D eigenvalue weighted by Gasteiger charge is 2.26. The first-order chi connectivity index (χ1) is 9.81. The molecule has 3 rings (SSSR count). The second-order valence-electron chi connectivity index (χ2n) is 5.38. The average Bonchev–Trinajstić information content (AvgIpc) is 2.54. The van der Waals surface area contributed by atoms with Gasteiger partial charge in [-0.05, 0) is 35.6 Å². The highest BCUT2D eigenvalue weighted by Crippen LogP contribution is 2.38. The van der Waals surface area contributed by atoms with E-state index < -0.39 is 0 Å². The summed E-state index contributed by atoms with van der Waals surface area (Å²) in [5, 5.41) is 2.41. The molecule has 3 nitrogen and oxygen atoms in total. The lowest BCUT2D eigenvalue weighted by Crippen LogP contribution is -2.28. The van der Waals surface area contributed by atoms with Crippen LogP contribution < -0.4 is 10.5 Å². The van der Waals surface area contributed by atoms with Crippen LogP contribution in [0.1, 0.15) is 24.4 Å². The molecule has 106 valence electrons. The van der Waals surface area contributed by atoms with Gasteiger partial charge >= 0.3 is 0 Å². The summed E-state index contributed by atoms with van der Waals surface area (Å²) in [4.78, 5) is 0. The standard InChI is InChI=1S/C17H21NO2/c1-19-15-7-6-12-4-2-3-5-14(12)16(15)17(18)13-8-10-20-11-9-13/h2-7,13,17H,8-11,18H2,1H3/t17-/m1/s1. The van der Waals surface area contributed by atoms with Gasteiger partial charge < -0.3 is 15.2 Å². The second kappa shape index (κ2) is 5.81. The Bertz CT molecular complexity index is 591. The first kappa shape index (κ1) is 13.4. The zero-order chi connectivity index (χ0) is 13.9. The maximum absolute atomic E-state index is 6.58. The Labute approximate surface area is 119 Å². The number of ether oxygens (including phenoxy) is 2. The number of fused-ring (bicyclic) bond motifs is 1. The van der Waals surface area contributed by atoms with Crippen molar-refractivity contribution < 1.29 is 9.47 Å². The second-order valence-corrected chi connectivity index (χ2v) is 5.38. The van der Waals surface area contributed by atoms with Crippen LogP contribution in [0.25, 0.3) is 10.8 Å². The number of rotatable bonds is 3. The predicted octanol–water partition coefficient (Wildman–Crippen LogP) is 3.27. The summed E-state index contributed by atoms with van der Waals surface area (Å²) in [6.07, 6.45) is 2.04. The van der Waals surface area contributed by atoms with Gasteiger partial charge in [0.05, 0.1) is 7.11 Å². The van der Waals surface area contributed by atoms with Crippen LogP contribution in [0, 0.1) is 5.92 Å². The average molecular weight is 271 g/mol. The zero-order valence-corrected chi connectivity index (χ0v) is 11.8. The van der Waals surface area contributed by atoms with E-state index >= 15 is 0 Å². The molecular weight excluding hydrogens is 250 g/mol. The van der Waals surface area contributed by atoms with Crippen molar-refractivity contribution in [2.75, 3.05) is 20.3 Å². The Balaban J connectivity index is 2.07. The number of nitrogens with two attached hydrogens (primary N) is 1. The molecule has 0 bridgehead atoms. The number of methoxy groups -OCH3 is 1. The fraction of sp³-hybridized carbons (Fsp3) is 0.412. The Morgan fingerprint density at radius 2 is 1.90 bits per heavy atom. The molecule has 1 aliphatic rings. The molecule has 20 heavy (non-hydrogen) atoms. The zero-order valence-electron chi connectivity index (χ0n) is 11.8. The van der Waals surface area contributed by atoms with Crippen LogP contribution in [0.5, 0.6) is 5.75 Å². The maximum atomic E-state index is 6.58. The van der Waals surface area contributed by atoms with E-state index in [1.54, 1.807) is 7.11 Å². The van der Waals surface area contributed by atoms with Crippen molar-refractivity contribution >= 4 is 10.8 Å². The van der Waals surface area contributed by atoms with Crippen LogP contribution in [-0.4, -0.2) is 20.3 Å². The monoisotopic (exact) mass is 271 g/mol. The van der Waals surface area contributed by atoms with E-state index in [1.165, 1.54) is 10.8 Å². The van der Waals surface area contributed by atoms with Gasteiger partial charge in [0.25, 0.3) is 0 Å². The molecule has 3 heteroatoms. The smallest absolute Gasteiger partial charge is 0.124 e. The molecule has 2 aromatic carbocycles. The van der Waals surface area contributed by atoms with Crippen LogP contribution in [0.15, 0.2) is 36.4 Å². The van der Waals surface area contributed by atoms with Crippen LogP contribution in [0.3, 0.4) is 0 Å². The Morgan fingerprint density at radius 1 is 1.15 bits per heavy atom. The summed E-state index contributed by atoms with van der Waals surface area (Å²) in [6.45, 7) is 1.62. The third-order valence-electron chi connectivity index (χ3n) is 4.26. The first-order valence-electron chi connectivity index (χ1n) is 7.20. The van der Waals surface area contributed by atoms with Gasteiger partial charge in [-0.1, -0.05) is 30.3 Å². The quantitative estimate of drug-likeness (QED) is 0.931. The summed E-state index contributed by atoms with van der Waals surface area (Å²) in [5.41, 5.74) is 7.71. The van der Waals surface area contributed by atoms with E-state index in [0.717, 1.165) is 37.4 Å². The molecule has 1 aliphatic heterocycles. The minimum absolute atomic E-state index is 0.0000463. The fourth-order valence-electron chi connectivity index (χ4n) is 3.11. The molecular formula is C17H21NO2. The largest absolute Gasteiger partial charge is 0.496 e. The SMILES string of the molecule is COc1ccc2ccccc2c1[C@H](N)C1CCOCC1. The topological polar surface area (TPSA) is 44.5 Å². The minimum atomic E-state index is -0.0000463. The fourth-order valence-corrected chi connectivity index (χ4v) is 3.11. The summed E-state index contributed by atoms with van der Waals surface area (Å²) >= 11 is 0. The number of hydrogen-bond donors (Lipinski definition) is 1. The van der Waals surface area contributed by atoms with Crippen molar-refractivity contribution in [1.29, 1.82) is 0 Å². The van der Waals surface area contributed by atoms with E-state index in [-0.39, 0.29) is 6.04 Å². The van der Waals surface area contributed by atoms with Gasteiger partial charge in [-0.25, -0.2) is 0 Å². The summed E-state index contributed by atoms with van der Waals surface area (Å²) in [7, 11) is 1.71. The molecule has 1 saturated heterocycles. The van der Waals surface area contributed by atoms with Gasteiger partial charge in [-0.2, -0.15) is 0 Å². The summed E-state index contributed by atoms with van der Waals surface area (Å²) < 4.78 is 11.0. The number of benzene rings is 2. The van der Waals surface area contributed by atoms with E-state index in [9.17, 15) is 0 Å². The molecule has 2 N–H and O–H groups in total. The highest BCUT2D eigenvalue weighted by atomic mass is 16.5. The molecule has 0 amide bonds. The van der Waals surface area contributed by atoms with Gasteiger partial charge in [0.1, 0.15) is 5.75 Å². The van der Waals surface area contributed by atoms with Gasteiger partial charge in [-0.3, -0.25) is 0 Å². The molecule has 0 saturated carbocycles. The third-order valence-corrected chi connectivity index (χ3v) is 4.26. The van der Waals surface area contributed by atoms with E-state index in [4.69, 9.17) is 15.2 Å². The molecule has 0 aliphatic carbocycles. The van der Waals surface area contributed by atoms with Crippen molar-refractivity contribution in [3.05, 3.63) is 42.0 Å². The van der Waals surface area contributed by atoms with E-state index in [1.807, 2.05) is 6.07 Å². The Kier molecular flexibility index (Phi) is 3.90. The molecule has 1 atom stereocenters. The first-order valence-corrected chi connectivity index (χ1v) is 7.20. The van der Waals surface area contributed by atoms with Crippen molar-refractivity contribution in [2.45, 2.75) is 18.9 Å². The highest BCUT2D eigenvalue weighted by molar-refractivity contribution is 5.88. The summed E-state index contributed by atoms with van der Waals surface area (Å²) in [6, 6.07) is 12.5. The molecule has 0 aromatic heterocycles. The molecule has 1 heterocycles. The Morgan fingerprint density at radius 3 is 2.65 bits per heavy atom. The molecule has 2 aromatic rings. The van der Waals surface area contributed by atoms with Crippen molar-refractivity contribution in [3.8, 4) is 5.75 Å². The molecule has 0 spiro atoms. The van der Waals surface area contributed by atoms with Gasteiger partial charge in [0.15, 0.2) is 0 Å². The van der Waals surface area contributed by atoms with Gasteiger partial charge in [0, 0.05) is 24.8 Å². The molecule has 0 radical (unpaired) electrons. The normalized spacial score (nSPS) is 18.1. The summed E-state index contributed by atoms with van der Waals surface area (Å²) in [5.74, 6) is 1.35. The van der Waals surface area contributed by atoms with E-state index in [2.05, 4.69) is 30.3 Å². The van der Waals surface area contributed by atoms with Gasteiger partial charge in [0.2, 0.25) is 0 Å². The van der Waals surface area contributed by atoms with Crippen molar-refractivity contribution in [2.24, 2.45) is 11.7 Å². The van der Waals surface area contributed by atoms with Crippen LogP contribution in [-0.2, 0) is 4.74 Å². The lowest BCUT2D eigenvalue weighted by atomic mass is 9.85. The van der Waals surface area contributed by atoms with Crippen LogP contribution >= 0.6 is 0 Å². The lowest BCUT2D eigenvalue weighted by molar-refractivity contribution is 0.0582. The number of hydrogen-bond acceptors (Lipinski definition) is 3. The molecule has 0 unspecified atom stereocenters. The minimum Gasteiger partial charge on any atom is -0.496 e. The van der Waals surface area contributed by atoms with E-state index in [0.29, 0.717) is 5.92 Å². The molecule has 1 fully saturated rings. The van der Waals surface area contributed by atoms with Gasteiger partial charge in [-0.15, -0.1) is 0 Å².